The molecular formula is C11H9F2NS. The van der Waals surface area contributed by atoms with Gasteiger partial charge in [0, 0.05) is 11.3 Å². The topological polar surface area (TPSA) is 26.0 Å². The fourth-order valence-electron chi connectivity index (χ4n) is 1.29. The summed E-state index contributed by atoms with van der Waals surface area (Å²) < 4.78 is 27.6. The first-order valence-corrected chi connectivity index (χ1v) is 5.26. The number of nitrogen functional groups attached to an aromatic ring is 1. The monoisotopic (exact) mass is 225 g/mol. The van der Waals surface area contributed by atoms with E-state index in [1.807, 2.05) is 0 Å². The Kier molecular flexibility index (Phi) is 2.44. The quantitative estimate of drug-likeness (QED) is 0.778. The van der Waals surface area contributed by atoms with E-state index in [0.717, 1.165) is 11.3 Å². The predicted octanol–water partition coefficient (Wildman–Crippen LogP) is 3.47. The molecular weight excluding hydrogens is 216 g/mol. The zero-order chi connectivity index (χ0) is 10.9. The fraction of sp³-hybridized carbons (Fsp3) is 0.0909. The molecule has 2 rings (SSSR count). The Morgan fingerprint density at radius 1 is 1.07 bits per heavy atom. The molecule has 0 aliphatic heterocycles. The van der Waals surface area contributed by atoms with Crippen LogP contribution in [0.4, 0.5) is 14.5 Å². The highest BCUT2D eigenvalue weighted by atomic mass is 32.1. The van der Waals surface area contributed by atoms with Crippen LogP contribution < -0.4 is 5.73 Å². The number of halogens is 2. The Morgan fingerprint density at radius 3 is 2.27 bits per heavy atom. The summed E-state index contributed by atoms with van der Waals surface area (Å²) in [5.74, 6) is -2.93. The molecule has 78 valence electrons. The van der Waals surface area contributed by atoms with E-state index in [1.54, 1.807) is 11.4 Å². The van der Waals surface area contributed by atoms with Gasteiger partial charge in [-0.05, 0) is 23.6 Å². The summed E-state index contributed by atoms with van der Waals surface area (Å²) in [4.78, 5) is 0.0484. The average Bonchev–Trinajstić information content (AvgIpc) is 2.71. The third-order valence-corrected chi connectivity index (χ3v) is 3.04. The fourth-order valence-corrected chi connectivity index (χ4v) is 2.02. The summed E-state index contributed by atoms with van der Waals surface area (Å²) in [7, 11) is 0. The van der Waals surface area contributed by atoms with Crippen molar-refractivity contribution < 1.29 is 8.78 Å². The van der Waals surface area contributed by atoms with Crippen LogP contribution in [-0.2, 0) is 5.92 Å². The predicted molar refractivity (Wildman–Crippen MR) is 58.2 cm³/mol. The molecule has 1 nitrogen and oxygen atoms in total. The lowest BCUT2D eigenvalue weighted by Gasteiger charge is -2.14. The molecule has 0 fully saturated rings. The van der Waals surface area contributed by atoms with Gasteiger partial charge in [-0.25, -0.2) is 0 Å². The van der Waals surface area contributed by atoms with Crippen molar-refractivity contribution in [1.82, 2.24) is 0 Å². The molecule has 1 aromatic heterocycles. The van der Waals surface area contributed by atoms with Crippen LogP contribution in [0.15, 0.2) is 41.8 Å². The molecule has 0 saturated heterocycles. The van der Waals surface area contributed by atoms with Gasteiger partial charge in [0.05, 0.1) is 4.88 Å². The first kappa shape index (κ1) is 10.1. The van der Waals surface area contributed by atoms with Crippen LogP contribution in [0.1, 0.15) is 10.4 Å². The van der Waals surface area contributed by atoms with Crippen molar-refractivity contribution in [2.24, 2.45) is 0 Å². The van der Waals surface area contributed by atoms with Gasteiger partial charge < -0.3 is 5.73 Å². The van der Waals surface area contributed by atoms with Gasteiger partial charge in [-0.3, -0.25) is 0 Å². The molecule has 0 bridgehead atoms. The Bertz CT molecular complexity index is 434. The van der Waals surface area contributed by atoms with Crippen molar-refractivity contribution >= 4 is 17.0 Å². The van der Waals surface area contributed by atoms with E-state index in [4.69, 9.17) is 5.73 Å². The van der Waals surface area contributed by atoms with Crippen LogP contribution in [0, 0.1) is 0 Å². The zero-order valence-electron chi connectivity index (χ0n) is 7.78. The first-order valence-electron chi connectivity index (χ1n) is 4.38. The van der Waals surface area contributed by atoms with Crippen LogP contribution >= 0.6 is 11.3 Å². The molecule has 4 heteroatoms. The summed E-state index contributed by atoms with van der Waals surface area (Å²) in [6, 6.07) is 8.73. The Morgan fingerprint density at radius 2 is 1.73 bits per heavy atom. The number of anilines is 1. The van der Waals surface area contributed by atoms with E-state index in [0.29, 0.717) is 5.69 Å². The van der Waals surface area contributed by atoms with Crippen molar-refractivity contribution in [2.75, 3.05) is 5.73 Å². The highest BCUT2D eigenvalue weighted by Gasteiger charge is 2.34. The zero-order valence-corrected chi connectivity index (χ0v) is 8.60. The summed E-state index contributed by atoms with van der Waals surface area (Å²) in [5.41, 5.74) is 5.90. The molecule has 0 radical (unpaired) electrons. The number of alkyl halides is 2. The molecule has 0 unspecified atom stereocenters. The second kappa shape index (κ2) is 3.62. The molecule has 1 heterocycles. The second-order valence-electron chi connectivity index (χ2n) is 3.17. The number of nitrogens with two attached hydrogens (primary N) is 1. The number of benzene rings is 1. The van der Waals surface area contributed by atoms with Crippen LogP contribution in [-0.4, -0.2) is 0 Å². The average molecular weight is 225 g/mol. The number of hydrogen-bond acceptors (Lipinski definition) is 2. The number of rotatable bonds is 2. The maximum Gasteiger partial charge on any atom is 0.307 e. The van der Waals surface area contributed by atoms with Gasteiger partial charge in [-0.2, -0.15) is 8.78 Å². The van der Waals surface area contributed by atoms with Gasteiger partial charge in [0.25, 0.3) is 0 Å². The molecule has 0 amide bonds. The summed E-state index contributed by atoms with van der Waals surface area (Å²) in [6.07, 6.45) is 0. The SMILES string of the molecule is Nc1ccc(C(F)(F)c2cccs2)cc1. The third-order valence-electron chi connectivity index (χ3n) is 2.10. The van der Waals surface area contributed by atoms with Crippen LogP contribution in [0.3, 0.4) is 0 Å². The first-order chi connectivity index (χ1) is 7.10. The van der Waals surface area contributed by atoms with E-state index in [2.05, 4.69) is 0 Å². The van der Waals surface area contributed by atoms with Gasteiger partial charge in [0.1, 0.15) is 0 Å². The molecule has 0 aliphatic rings. The lowest BCUT2D eigenvalue weighted by Crippen LogP contribution is -2.13. The molecule has 0 aliphatic carbocycles. The van der Waals surface area contributed by atoms with Gasteiger partial charge in [-0.1, -0.05) is 18.2 Å². The Balaban J connectivity index is 2.41. The maximum atomic E-state index is 13.8. The van der Waals surface area contributed by atoms with Gasteiger partial charge in [0.15, 0.2) is 0 Å². The minimum atomic E-state index is -2.93. The van der Waals surface area contributed by atoms with Gasteiger partial charge in [0.2, 0.25) is 0 Å². The van der Waals surface area contributed by atoms with Crippen LogP contribution in [0.25, 0.3) is 0 Å². The summed E-state index contributed by atoms with van der Waals surface area (Å²) >= 11 is 1.05. The van der Waals surface area contributed by atoms with Crippen molar-refractivity contribution in [2.45, 2.75) is 5.92 Å². The molecule has 0 spiro atoms. The normalized spacial score (nSPS) is 11.6. The molecule has 0 saturated carbocycles. The van der Waals surface area contributed by atoms with Crippen molar-refractivity contribution in [3.63, 3.8) is 0 Å². The van der Waals surface area contributed by atoms with E-state index in [1.165, 1.54) is 30.3 Å². The van der Waals surface area contributed by atoms with Gasteiger partial charge >= 0.3 is 5.92 Å². The Hall–Kier alpha value is -1.42. The minimum Gasteiger partial charge on any atom is -0.399 e. The highest BCUT2D eigenvalue weighted by molar-refractivity contribution is 7.10. The van der Waals surface area contributed by atoms with Crippen molar-refractivity contribution in [3.8, 4) is 0 Å². The standard InChI is InChI=1S/C11H9F2NS/c12-11(13,10-2-1-7-15-10)8-3-5-9(14)6-4-8/h1-7H,14H2. The van der Waals surface area contributed by atoms with Crippen molar-refractivity contribution in [3.05, 3.63) is 52.2 Å². The highest BCUT2D eigenvalue weighted by Crippen LogP contribution is 2.38. The molecule has 0 atom stereocenters. The van der Waals surface area contributed by atoms with Crippen molar-refractivity contribution in [1.29, 1.82) is 0 Å². The van der Waals surface area contributed by atoms with E-state index >= 15 is 0 Å². The number of thiophene rings is 1. The summed E-state index contributed by atoms with van der Waals surface area (Å²) in [6.45, 7) is 0. The van der Waals surface area contributed by atoms with Crippen LogP contribution in [0.5, 0.6) is 0 Å². The largest absolute Gasteiger partial charge is 0.399 e. The minimum absolute atomic E-state index is 0.0286. The second-order valence-corrected chi connectivity index (χ2v) is 4.12. The lowest BCUT2D eigenvalue weighted by molar-refractivity contribution is 0.0470. The van der Waals surface area contributed by atoms with Gasteiger partial charge in [-0.15, -0.1) is 11.3 Å². The lowest BCUT2D eigenvalue weighted by atomic mass is 10.1. The van der Waals surface area contributed by atoms with E-state index in [9.17, 15) is 8.78 Å². The molecule has 2 aromatic rings. The van der Waals surface area contributed by atoms with Crippen LogP contribution in [0.2, 0.25) is 0 Å². The maximum absolute atomic E-state index is 13.8. The summed E-state index contributed by atoms with van der Waals surface area (Å²) in [5, 5.41) is 1.64. The molecule has 15 heavy (non-hydrogen) atoms. The van der Waals surface area contributed by atoms with E-state index < -0.39 is 5.92 Å². The Labute approximate surface area is 90.2 Å². The molecule has 2 N–H and O–H groups in total. The smallest absolute Gasteiger partial charge is 0.307 e. The number of hydrogen-bond donors (Lipinski definition) is 1. The van der Waals surface area contributed by atoms with E-state index in [-0.39, 0.29) is 10.4 Å². The molecule has 1 aromatic carbocycles. The third kappa shape index (κ3) is 1.85.